The van der Waals surface area contributed by atoms with Gasteiger partial charge in [0.1, 0.15) is 16.5 Å². The first-order valence-electron chi connectivity index (χ1n) is 10.0. The van der Waals surface area contributed by atoms with E-state index in [0.717, 1.165) is 66.4 Å². The number of nitrogens with zero attached hydrogens (tertiary/aromatic N) is 4. The van der Waals surface area contributed by atoms with E-state index >= 15 is 0 Å². The van der Waals surface area contributed by atoms with E-state index in [2.05, 4.69) is 24.8 Å². The molecule has 1 saturated heterocycles. The lowest BCUT2D eigenvalue weighted by molar-refractivity contribution is -0.130. The number of rotatable bonds is 5. The van der Waals surface area contributed by atoms with Crippen LogP contribution in [0.25, 0.3) is 10.2 Å². The highest BCUT2D eigenvalue weighted by Gasteiger charge is 2.24. The highest BCUT2D eigenvalue weighted by molar-refractivity contribution is 7.18. The molecular weight excluding hydrogens is 368 g/mol. The molecule has 146 valence electrons. The normalized spacial score (nSPS) is 14.6. The smallest absolute Gasteiger partial charge is 0.227 e. The Labute approximate surface area is 170 Å². The van der Waals surface area contributed by atoms with Crippen LogP contribution in [0.3, 0.4) is 0 Å². The molecule has 1 aromatic carbocycles. The maximum Gasteiger partial charge on any atom is 0.227 e. The Morgan fingerprint density at radius 1 is 1.04 bits per heavy atom. The number of hydrogen-bond donors (Lipinski definition) is 0. The summed E-state index contributed by atoms with van der Waals surface area (Å²) in [6, 6.07) is 12.2. The third-order valence-electron chi connectivity index (χ3n) is 5.26. The Morgan fingerprint density at radius 3 is 2.46 bits per heavy atom. The third-order valence-corrected chi connectivity index (χ3v) is 6.44. The second-order valence-electron chi connectivity index (χ2n) is 7.13. The van der Waals surface area contributed by atoms with E-state index in [1.165, 1.54) is 4.88 Å². The molecule has 3 heterocycles. The lowest BCUT2D eigenvalue weighted by Crippen LogP contribution is -2.49. The summed E-state index contributed by atoms with van der Waals surface area (Å²) in [6.45, 7) is 7.38. The lowest BCUT2D eigenvalue weighted by atomic mass is 10.1. The molecule has 0 unspecified atom stereocenters. The maximum absolute atomic E-state index is 12.6. The van der Waals surface area contributed by atoms with Crippen molar-refractivity contribution in [1.29, 1.82) is 0 Å². The fourth-order valence-corrected chi connectivity index (χ4v) is 4.60. The van der Waals surface area contributed by atoms with Gasteiger partial charge in [-0.05, 0) is 18.1 Å². The van der Waals surface area contributed by atoms with Crippen molar-refractivity contribution in [2.75, 3.05) is 31.1 Å². The van der Waals surface area contributed by atoms with Crippen molar-refractivity contribution in [2.24, 2.45) is 0 Å². The van der Waals surface area contributed by atoms with Gasteiger partial charge < -0.3 is 9.80 Å². The predicted octanol–water partition coefficient (Wildman–Crippen LogP) is 3.71. The van der Waals surface area contributed by atoms with Crippen molar-refractivity contribution in [3.63, 3.8) is 0 Å². The Balaban J connectivity index is 1.49. The molecule has 1 amide bonds. The summed E-state index contributed by atoms with van der Waals surface area (Å²) in [5.41, 5.74) is 1.07. The molecule has 1 aliphatic heterocycles. The Morgan fingerprint density at radius 2 is 1.79 bits per heavy atom. The standard InChI is InChI=1S/C22H26N4OS/c1-3-17-15-18-21(23-19(4-2)24-22(18)28-17)26-12-10-25(11-13-26)20(27)14-16-8-6-5-7-9-16/h5-9,15H,3-4,10-14H2,1-2H3. The summed E-state index contributed by atoms with van der Waals surface area (Å²) in [6.07, 6.45) is 2.32. The van der Waals surface area contributed by atoms with Crippen LogP contribution in [0, 0.1) is 0 Å². The molecule has 0 bridgehead atoms. The quantitative estimate of drug-likeness (QED) is 0.662. The summed E-state index contributed by atoms with van der Waals surface area (Å²) in [5, 5.41) is 1.16. The van der Waals surface area contributed by atoms with Gasteiger partial charge in [-0.15, -0.1) is 11.3 Å². The first kappa shape index (κ1) is 18.9. The lowest BCUT2D eigenvalue weighted by Gasteiger charge is -2.35. The van der Waals surface area contributed by atoms with Crippen LogP contribution in [-0.4, -0.2) is 47.0 Å². The molecule has 0 atom stereocenters. The monoisotopic (exact) mass is 394 g/mol. The summed E-state index contributed by atoms with van der Waals surface area (Å²) >= 11 is 1.77. The van der Waals surface area contributed by atoms with Gasteiger partial charge in [0.05, 0.1) is 11.8 Å². The van der Waals surface area contributed by atoms with Crippen LogP contribution in [0.1, 0.15) is 30.1 Å². The van der Waals surface area contributed by atoms with Crippen molar-refractivity contribution in [1.82, 2.24) is 14.9 Å². The number of hydrogen-bond acceptors (Lipinski definition) is 5. The van der Waals surface area contributed by atoms with Gasteiger partial charge in [0.15, 0.2) is 0 Å². The number of benzene rings is 1. The van der Waals surface area contributed by atoms with Crippen LogP contribution in [0.4, 0.5) is 5.82 Å². The summed E-state index contributed by atoms with van der Waals surface area (Å²) < 4.78 is 0. The molecule has 0 aliphatic carbocycles. The van der Waals surface area contributed by atoms with E-state index in [4.69, 9.17) is 9.97 Å². The van der Waals surface area contributed by atoms with E-state index in [1.807, 2.05) is 35.2 Å². The van der Waals surface area contributed by atoms with Crippen LogP contribution in [-0.2, 0) is 24.1 Å². The minimum atomic E-state index is 0.205. The Kier molecular flexibility index (Phi) is 5.57. The Hall–Kier alpha value is -2.47. The van der Waals surface area contributed by atoms with Crippen LogP contribution in [0.5, 0.6) is 0 Å². The van der Waals surface area contributed by atoms with Crippen LogP contribution in [0.2, 0.25) is 0 Å². The molecular formula is C22H26N4OS. The van der Waals surface area contributed by atoms with Crippen molar-refractivity contribution >= 4 is 33.3 Å². The number of carbonyl (C=O) groups is 1. The van der Waals surface area contributed by atoms with Gasteiger partial charge >= 0.3 is 0 Å². The van der Waals surface area contributed by atoms with E-state index in [-0.39, 0.29) is 5.91 Å². The fraction of sp³-hybridized carbons (Fsp3) is 0.409. The number of piperazine rings is 1. The van der Waals surface area contributed by atoms with Crippen molar-refractivity contribution in [3.8, 4) is 0 Å². The van der Waals surface area contributed by atoms with Crippen molar-refractivity contribution in [3.05, 3.63) is 52.7 Å². The molecule has 3 aromatic rings. The molecule has 0 saturated carbocycles. The molecule has 2 aromatic heterocycles. The van der Waals surface area contributed by atoms with Gasteiger partial charge in [-0.3, -0.25) is 4.79 Å². The minimum Gasteiger partial charge on any atom is -0.352 e. The number of fused-ring (bicyclic) bond motifs is 1. The zero-order chi connectivity index (χ0) is 19.5. The van der Waals surface area contributed by atoms with E-state index in [1.54, 1.807) is 11.3 Å². The van der Waals surface area contributed by atoms with Gasteiger partial charge in [0.25, 0.3) is 0 Å². The summed E-state index contributed by atoms with van der Waals surface area (Å²) in [7, 11) is 0. The molecule has 0 N–H and O–H groups in total. The number of thiophene rings is 1. The summed E-state index contributed by atoms with van der Waals surface area (Å²) in [4.78, 5) is 28.9. The second-order valence-corrected chi connectivity index (χ2v) is 8.25. The fourth-order valence-electron chi connectivity index (χ4n) is 3.62. The zero-order valence-corrected chi connectivity index (χ0v) is 17.3. The summed E-state index contributed by atoms with van der Waals surface area (Å²) in [5.74, 6) is 2.14. The number of aromatic nitrogens is 2. The number of amides is 1. The van der Waals surface area contributed by atoms with Gasteiger partial charge in [-0.2, -0.15) is 0 Å². The average molecular weight is 395 g/mol. The third kappa shape index (κ3) is 3.87. The number of aryl methyl sites for hydroxylation is 2. The van der Waals surface area contributed by atoms with E-state index in [9.17, 15) is 4.79 Å². The molecule has 0 radical (unpaired) electrons. The van der Waals surface area contributed by atoms with Crippen molar-refractivity contribution in [2.45, 2.75) is 33.1 Å². The molecule has 28 heavy (non-hydrogen) atoms. The average Bonchev–Trinajstić information content (AvgIpc) is 3.17. The van der Waals surface area contributed by atoms with Crippen LogP contribution >= 0.6 is 11.3 Å². The molecule has 0 spiro atoms. The SMILES string of the molecule is CCc1nc(N2CCN(C(=O)Cc3ccccc3)CC2)c2cc(CC)sc2n1. The maximum atomic E-state index is 12.6. The minimum absolute atomic E-state index is 0.205. The molecule has 1 aliphatic rings. The molecule has 6 heteroatoms. The molecule has 1 fully saturated rings. The highest BCUT2D eigenvalue weighted by Crippen LogP contribution is 2.32. The highest BCUT2D eigenvalue weighted by atomic mass is 32.1. The van der Waals surface area contributed by atoms with Crippen molar-refractivity contribution < 1.29 is 4.79 Å². The topological polar surface area (TPSA) is 49.3 Å². The van der Waals surface area contributed by atoms with Gasteiger partial charge in [-0.1, -0.05) is 44.2 Å². The van der Waals surface area contributed by atoms with E-state index in [0.29, 0.717) is 6.42 Å². The largest absolute Gasteiger partial charge is 0.352 e. The van der Waals surface area contributed by atoms with Crippen LogP contribution < -0.4 is 4.90 Å². The predicted molar refractivity (Wildman–Crippen MR) is 115 cm³/mol. The first-order valence-corrected chi connectivity index (χ1v) is 10.9. The molecule has 4 rings (SSSR count). The van der Waals surface area contributed by atoms with Crippen LogP contribution in [0.15, 0.2) is 36.4 Å². The van der Waals surface area contributed by atoms with Gasteiger partial charge in [0.2, 0.25) is 5.91 Å². The Bertz CT molecular complexity index is 961. The van der Waals surface area contributed by atoms with Gasteiger partial charge in [0, 0.05) is 37.5 Å². The van der Waals surface area contributed by atoms with E-state index < -0.39 is 0 Å². The zero-order valence-electron chi connectivity index (χ0n) is 16.5. The first-order chi connectivity index (χ1) is 13.7. The number of carbonyl (C=O) groups excluding carboxylic acids is 1. The number of anilines is 1. The van der Waals surface area contributed by atoms with Gasteiger partial charge in [-0.25, -0.2) is 9.97 Å². The second kappa shape index (κ2) is 8.27. The molecule has 5 nitrogen and oxygen atoms in total.